The van der Waals surface area contributed by atoms with Crippen LogP contribution in [0.25, 0.3) is 0 Å². The first kappa shape index (κ1) is 11.9. The molecule has 1 aliphatic rings. The molecule has 0 fully saturated rings. The lowest BCUT2D eigenvalue weighted by atomic mass is 10.0. The summed E-state index contributed by atoms with van der Waals surface area (Å²) >= 11 is 0. The zero-order chi connectivity index (χ0) is 13.4. The third-order valence-corrected chi connectivity index (χ3v) is 3.71. The highest BCUT2D eigenvalue weighted by Crippen LogP contribution is 2.37. The monoisotopic (exact) mass is 255 g/mol. The van der Waals surface area contributed by atoms with Gasteiger partial charge < -0.3 is 15.2 Å². The molecular formula is C16H17NO2. The predicted molar refractivity (Wildman–Crippen MR) is 75.9 cm³/mol. The fourth-order valence-electron chi connectivity index (χ4n) is 2.41. The van der Waals surface area contributed by atoms with Gasteiger partial charge in [0.25, 0.3) is 0 Å². The summed E-state index contributed by atoms with van der Waals surface area (Å²) in [6, 6.07) is 11.7. The molecular weight excluding hydrogens is 238 g/mol. The van der Waals surface area contributed by atoms with Crippen molar-refractivity contribution in [1.29, 1.82) is 0 Å². The molecule has 0 saturated carbocycles. The van der Waals surface area contributed by atoms with E-state index in [4.69, 9.17) is 4.74 Å². The van der Waals surface area contributed by atoms with Crippen LogP contribution in [0.2, 0.25) is 0 Å². The average Bonchev–Trinajstić information content (AvgIpc) is 2.77. The van der Waals surface area contributed by atoms with E-state index in [-0.39, 0.29) is 11.8 Å². The van der Waals surface area contributed by atoms with Crippen LogP contribution in [0, 0.1) is 13.8 Å². The predicted octanol–water partition coefficient (Wildman–Crippen LogP) is 3.55. The molecule has 3 heteroatoms. The van der Waals surface area contributed by atoms with E-state index in [0.29, 0.717) is 6.61 Å². The van der Waals surface area contributed by atoms with Crippen LogP contribution in [0.4, 0.5) is 5.69 Å². The quantitative estimate of drug-likeness (QED) is 0.862. The maximum atomic E-state index is 9.45. The Balaban J connectivity index is 1.89. The zero-order valence-corrected chi connectivity index (χ0v) is 11.1. The van der Waals surface area contributed by atoms with Crippen molar-refractivity contribution in [2.75, 3.05) is 11.9 Å². The van der Waals surface area contributed by atoms with Gasteiger partial charge in [-0.15, -0.1) is 0 Å². The maximum Gasteiger partial charge on any atom is 0.128 e. The van der Waals surface area contributed by atoms with Crippen molar-refractivity contribution >= 4 is 5.69 Å². The van der Waals surface area contributed by atoms with Gasteiger partial charge in [0.05, 0.1) is 6.04 Å². The molecule has 2 N–H and O–H groups in total. The third-order valence-electron chi connectivity index (χ3n) is 3.71. The number of phenols is 1. The number of fused-ring (bicyclic) bond motifs is 1. The number of hydrogen-bond acceptors (Lipinski definition) is 3. The molecule has 19 heavy (non-hydrogen) atoms. The first-order valence-electron chi connectivity index (χ1n) is 6.43. The molecule has 3 nitrogen and oxygen atoms in total. The Kier molecular flexibility index (Phi) is 2.82. The third kappa shape index (κ3) is 2.12. The van der Waals surface area contributed by atoms with Crippen LogP contribution in [0.3, 0.4) is 0 Å². The molecule has 1 atom stereocenters. The molecule has 98 valence electrons. The van der Waals surface area contributed by atoms with E-state index in [1.165, 1.54) is 11.1 Å². The van der Waals surface area contributed by atoms with Gasteiger partial charge in [0.1, 0.15) is 18.1 Å². The van der Waals surface area contributed by atoms with Crippen LogP contribution in [0.15, 0.2) is 36.4 Å². The molecule has 2 aromatic carbocycles. The molecule has 1 aliphatic heterocycles. The second-order valence-corrected chi connectivity index (χ2v) is 4.98. The lowest BCUT2D eigenvalue weighted by Gasteiger charge is -2.16. The number of benzene rings is 2. The second kappa shape index (κ2) is 4.50. The van der Waals surface area contributed by atoms with Gasteiger partial charge in [0.2, 0.25) is 0 Å². The Bertz CT molecular complexity index is 622. The van der Waals surface area contributed by atoms with E-state index < -0.39 is 0 Å². The molecule has 0 amide bonds. The minimum absolute atomic E-state index is 0.135. The minimum Gasteiger partial charge on any atom is -0.508 e. The van der Waals surface area contributed by atoms with E-state index in [2.05, 4.69) is 37.4 Å². The van der Waals surface area contributed by atoms with Gasteiger partial charge in [-0.3, -0.25) is 0 Å². The summed E-state index contributed by atoms with van der Waals surface area (Å²) in [5, 5.41) is 13.0. The van der Waals surface area contributed by atoms with Gasteiger partial charge in [-0.2, -0.15) is 0 Å². The topological polar surface area (TPSA) is 41.5 Å². The smallest absolute Gasteiger partial charge is 0.128 e. The zero-order valence-electron chi connectivity index (χ0n) is 11.1. The number of ether oxygens (including phenoxy) is 1. The summed E-state index contributed by atoms with van der Waals surface area (Å²) < 4.78 is 5.61. The van der Waals surface area contributed by atoms with Crippen molar-refractivity contribution in [2.45, 2.75) is 19.9 Å². The van der Waals surface area contributed by atoms with E-state index in [1.807, 2.05) is 6.07 Å². The molecule has 0 radical (unpaired) electrons. The molecule has 1 heterocycles. The lowest BCUT2D eigenvalue weighted by Crippen LogP contribution is -2.12. The first-order valence-corrected chi connectivity index (χ1v) is 6.43. The van der Waals surface area contributed by atoms with Crippen molar-refractivity contribution < 1.29 is 9.84 Å². The number of aromatic hydroxyl groups is 1. The Morgan fingerprint density at radius 3 is 2.89 bits per heavy atom. The summed E-state index contributed by atoms with van der Waals surface area (Å²) in [5.74, 6) is 1.01. The van der Waals surface area contributed by atoms with E-state index in [0.717, 1.165) is 17.0 Å². The van der Waals surface area contributed by atoms with Gasteiger partial charge in [0, 0.05) is 17.3 Å². The van der Waals surface area contributed by atoms with Crippen LogP contribution in [0.1, 0.15) is 22.7 Å². The molecule has 3 rings (SSSR count). The average molecular weight is 255 g/mol. The van der Waals surface area contributed by atoms with Crippen molar-refractivity contribution in [3.8, 4) is 11.5 Å². The summed E-state index contributed by atoms with van der Waals surface area (Å²) in [7, 11) is 0. The van der Waals surface area contributed by atoms with Gasteiger partial charge in [-0.1, -0.05) is 12.1 Å². The number of nitrogens with one attached hydrogen (secondary N) is 1. The molecule has 0 spiro atoms. The summed E-state index contributed by atoms with van der Waals surface area (Å²) in [6.45, 7) is 4.81. The summed E-state index contributed by atoms with van der Waals surface area (Å²) in [4.78, 5) is 0. The largest absolute Gasteiger partial charge is 0.508 e. The van der Waals surface area contributed by atoms with Gasteiger partial charge in [0.15, 0.2) is 0 Å². The fraction of sp³-hybridized carbons (Fsp3) is 0.250. The van der Waals surface area contributed by atoms with Crippen LogP contribution >= 0.6 is 0 Å². The molecule has 1 unspecified atom stereocenters. The molecule has 2 aromatic rings. The Morgan fingerprint density at radius 2 is 2.05 bits per heavy atom. The molecule has 0 bridgehead atoms. The van der Waals surface area contributed by atoms with Crippen LogP contribution < -0.4 is 10.1 Å². The molecule has 0 aromatic heterocycles. The van der Waals surface area contributed by atoms with Crippen molar-refractivity contribution in [3.05, 3.63) is 53.1 Å². The van der Waals surface area contributed by atoms with Crippen LogP contribution in [-0.2, 0) is 0 Å². The van der Waals surface area contributed by atoms with Crippen molar-refractivity contribution in [3.63, 3.8) is 0 Å². The maximum absolute atomic E-state index is 9.45. The highest BCUT2D eigenvalue weighted by molar-refractivity contribution is 5.57. The summed E-state index contributed by atoms with van der Waals surface area (Å²) in [5.41, 5.74) is 4.76. The van der Waals surface area contributed by atoms with Crippen molar-refractivity contribution in [1.82, 2.24) is 0 Å². The standard InChI is InChI=1S/C16H17NO2/c1-10-4-3-5-14(11(10)2)17-15-9-19-16-8-12(18)6-7-13(15)16/h3-8,15,17-18H,9H2,1-2H3. The highest BCUT2D eigenvalue weighted by Gasteiger charge is 2.24. The SMILES string of the molecule is Cc1cccc(NC2COc3cc(O)ccc32)c1C. The lowest BCUT2D eigenvalue weighted by molar-refractivity contribution is 0.338. The van der Waals surface area contributed by atoms with Gasteiger partial charge >= 0.3 is 0 Å². The highest BCUT2D eigenvalue weighted by atomic mass is 16.5. The first-order chi connectivity index (χ1) is 9.15. The minimum atomic E-state index is 0.135. The normalized spacial score (nSPS) is 16.8. The Morgan fingerprint density at radius 1 is 1.21 bits per heavy atom. The van der Waals surface area contributed by atoms with E-state index >= 15 is 0 Å². The van der Waals surface area contributed by atoms with Crippen LogP contribution in [-0.4, -0.2) is 11.7 Å². The van der Waals surface area contributed by atoms with E-state index in [9.17, 15) is 5.11 Å². The number of anilines is 1. The number of phenolic OH excluding ortho intramolecular Hbond substituents is 1. The fourth-order valence-corrected chi connectivity index (χ4v) is 2.41. The van der Waals surface area contributed by atoms with E-state index in [1.54, 1.807) is 12.1 Å². The Labute approximate surface area is 112 Å². The second-order valence-electron chi connectivity index (χ2n) is 4.98. The van der Waals surface area contributed by atoms with Gasteiger partial charge in [-0.05, 0) is 43.2 Å². The number of aryl methyl sites for hydroxylation is 1. The number of rotatable bonds is 2. The van der Waals surface area contributed by atoms with Crippen molar-refractivity contribution in [2.24, 2.45) is 0 Å². The van der Waals surface area contributed by atoms with Gasteiger partial charge in [-0.25, -0.2) is 0 Å². The molecule has 0 aliphatic carbocycles. The number of hydrogen-bond donors (Lipinski definition) is 2. The summed E-state index contributed by atoms with van der Waals surface area (Å²) in [6.07, 6.45) is 0. The van der Waals surface area contributed by atoms with Crippen LogP contribution in [0.5, 0.6) is 11.5 Å². The molecule has 0 saturated heterocycles. The Hall–Kier alpha value is -2.16.